The van der Waals surface area contributed by atoms with Gasteiger partial charge in [0.15, 0.2) is 0 Å². The fourth-order valence-corrected chi connectivity index (χ4v) is 3.80. The smallest absolute Gasteiger partial charge is 0.314 e. The summed E-state index contributed by atoms with van der Waals surface area (Å²) in [6.45, 7) is 0.254. The van der Waals surface area contributed by atoms with E-state index in [9.17, 15) is 13.0 Å². The Hall–Kier alpha value is -1.91. The van der Waals surface area contributed by atoms with Crippen molar-refractivity contribution in [3.05, 3.63) is 46.4 Å². The summed E-state index contributed by atoms with van der Waals surface area (Å²) in [6, 6.07) is 6.97. The Morgan fingerprint density at radius 1 is 1.40 bits per heavy atom. The molecule has 0 aliphatic rings. The Kier molecular flexibility index (Phi) is 5.40. The van der Waals surface area contributed by atoms with Gasteiger partial charge in [0.25, 0.3) is 11.8 Å². The number of nitrogens with zero attached hydrogens (tertiary/aromatic N) is 4. The molecule has 1 atom stereocenters. The highest BCUT2D eigenvalue weighted by Gasteiger charge is 2.20. The van der Waals surface area contributed by atoms with Gasteiger partial charge in [-0.1, -0.05) is 17.7 Å². The fourth-order valence-electron chi connectivity index (χ4n) is 1.99. The molecule has 11 heteroatoms. The maximum atomic E-state index is 12.5. The quantitative estimate of drug-likeness (QED) is 0.618. The van der Waals surface area contributed by atoms with Crippen LogP contribution in [0.2, 0.25) is 5.02 Å². The molecule has 0 saturated heterocycles. The molecule has 0 amide bonds. The van der Waals surface area contributed by atoms with Crippen molar-refractivity contribution in [2.24, 2.45) is 0 Å². The largest absolute Gasteiger partial charge is 0.414 e. The van der Waals surface area contributed by atoms with Crippen LogP contribution < -0.4 is 4.31 Å². The minimum atomic E-state index is -2.82. The maximum Gasteiger partial charge on any atom is 0.314 e. The van der Waals surface area contributed by atoms with E-state index in [1.165, 1.54) is 17.5 Å². The van der Waals surface area contributed by atoms with Crippen molar-refractivity contribution in [1.82, 2.24) is 15.2 Å². The van der Waals surface area contributed by atoms with E-state index < -0.39 is 23.3 Å². The Morgan fingerprint density at radius 3 is 2.84 bits per heavy atom. The van der Waals surface area contributed by atoms with Crippen LogP contribution in [0, 0.1) is 0 Å². The topological polar surface area (TPSA) is 72.1 Å². The molecular formula is C14H11ClF2N4O2S2. The number of aromatic nitrogens is 3. The normalized spacial score (nSPS) is 12.5. The molecular weight excluding hydrogens is 394 g/mol. The van der Waals surface area contributed by atoms with E-state index in [0.717, 1.165) is 0 Å². The van der Waals surface area contributed by atoms with Gasteiger partial charge < -0.3 is 4.42 Å². The van der Waals surface area contributed by atoms with Crippen molar-refractivity contribution >= 4 is 39.6 Å². The minimum Gasteiger partial charge on any atom is -0.414 e. The number of hydrogen-bond acceptors (Lipinski definition) is 6. The van der Waals surface area contributed by atoms with Crippen LogP contribution in [0.3, 0.4) is 0 Å². The third-order valence-electron chi connectivity index (χ3n) is 3.08. The van der Waals surface area contributed by atoms with Crippen LogP contribution in [0.4, 0.5) is 14.5 Å². The summed E-state index contributed by atoms with van der Waals surface area (Å²) < 4.78 is 43.6. The van der Waals surface area contributed by atoms with Gasteiger partial charge in [-0.2, -0.15) is 8.78 Å². The molecule has 132 valence electrons. The second-order valence-electron chi connectivity index (χ2n) is 4.80. The highest BCUT2D eigenvalue weighted by molar-refractivity contribution is 7.85. The monoisotopic (exact) mass is 404 g/mol. The molecule has 0 bridgehead atoms. The summed E-state index contributed by atoms with van der Waals surface area (Å²) in [4.78, 5) is 4.67. The maximum absolute atomic E-state index is 12.5. The SMILES string of the molecule is CS(=O)N(Cc1ncc(-c2nnc(C(F)F)o2)s1)c1cccc(Cl)c1. The van der Waals surface area contributed by atoms with Gasteiger partial charge >= 0.3 is 6.43 Å². The number of alkyl halides is 2. The van der Waals surface area contributed by atoms with Crippen molar-refractivity contribution in [3.8, 4) is 10.8 Å². The molecule has 0 aliphatic heterocycles. The highest BCUT2D eigenvalue weighted by atomic mass is 35.5. The van der Waals surface area contributed by atoms with Crippen molar-refractivity contribution in [1.29, 1.82) is 0 Å². The van der Waals surface area contributed by atoms with Crippen LogP contribution in [0.15, 0.2) is 34.9 Å². The second-order valence-corrected chi connectivity index (χ2v) is 7.64. The van der Waals surface area contributed by atoms with Gasteiger partial charge in [0.05, 0.1) is 18.4 Å². The van der Waals surface area contributed by atoms with Crippen LogP contribution in [0.5, 0.6) is 0 Å². The predicted molar refractivity (Wildman–Crippen MR) is 92.1 cm³/mol. The molecule has 6 nitrogen and oxygen atoms in total. The van der Waals surface area contributed by atoms with Crippen LogP contribution in [0.25, 0.3) is 10.8 Å². The zero-order chi connectivity index (χ0) is 18.0. The lowest BCUT2D eigenvalue weighted by molar-refractivity contribution is 0.116. The van der Waals surface area contributed by atoms with E-state index in [4.69, 9.17) is 16.0 Å². The van der Waals surface area contributed by atoms with Gasteiger partial charge in [-0.25, -0.2) is 9.19 Å². The van der Waals surface area contributed by atoms with E-state index >= 15 is 0 Å². The van der Waals surface area contributed by atoms with Crippen LogP contribution in [-0.4, -0.2) is 25.6 Å². The minimum absolute atomic E-state index is 0.0222. The van der Waals surface area contributed by atoms with Crippen molar-refractivity contribution in [3.63, 3.8) is 0 Å². The summed E-state index contributed by atoms with van der Waals surface area (Å²) in [5.74, 6) is -0.758. The standard InChI is InChI=1S/C14H11ClF2N4O2S2/c1-25(22)21(9-4-2-3-8(15)5-9)7-11-18-6-10(24-11)13-19-20-14(23-13)12(16)17/h2-6,12H,7H2,1H3. The first-order chi connectivity index (χ1) is 11.9. The van der Waals surface area contributed by atoms with Gasteiger partial charge in [-0.3, -0.25) is 4.31 Å². The molecule has 3 aromatic rings. The Morgan fingerprint density at radius 2 is 2.20 bits per heavy atom. The van der Waals surface area contributed by atoms with Gasteiger partial charge in [0.1, 0.15) is 20.9 Å². The fraction of sp³-hybridized carbons (Fsp3) is 0.214. The summed E-state index contributed by atoms with van der Waals surface area (Å²) in [5.41, 5.74) is 0.683. The molecule has 0 saturated carbocycles. The van der Waals surface area contributed by atoms with Crippen molar-refractivity contribution in [2.45, 2.75) is 13.0 Å². The Balaban J connectivity index is 1.82. The molecule has 0 fully saturated rings. The van der Waals surface area contributed by atoms with E-state index in [1.54, 1.807) is 34.8 Å². The van der Waals surface area contributed by atoms with Gasteiger partial charge in [0.2, 0.25) is 0 Å². The molecule has 1 aromatic carbocycles. The summed E-state index contributed by atoms with van der Waals surface area (Å²) >= 11 is 7.18. The lowest BCUT2D eigenvalue weighted by atomic mass is 10.3. The number of rotatable bonds is 6. The number of hydrogen-bond donors (Lipinski definition) is 0. The molecule has 0 spiro atoms. The highest BCUT2D eigenvalue weighted by Crippen LogP contribution is 2.29. The first kappa shape index (κ1) is 17.9. The van der Waals surface area contributed by atoms with Gasteiger partial charge in [-0.05, 0) is 18.2 Å². The van der Waals surface area contributed by atoms with E-state index in [2.05, 4.69) is 15.2 Å². The van der Waals surface area contributed by atoms with Crippen LogP contribution >= 0.6 is 22.9 Å². The van der Waals surface area contributed by atoms with Gasteiger partial charge in [-0.15, -0.1) is 21.5 Å². The third kappa shape index (κ3) is 4.20. The average molecular weight is 405 g/mol. The van der Waals surface area contributed by atoms with E-state index in [1.807, 2.05) is 0 Å². The lowest BCUT2D eigenvalue weighted by Gasteiger charge is -2.20. The molecule has 0 N–H and O–H groups in total. The number of thiazole rings is 1. The Bertz CT molecular complexity index is 902. The second kappa shape index (κ2) is 7.54. The Labute approximate surface area is 153 Å². The van der Waals surface area contributed by atoms with E-state index in [-0.39, 0.29) is 12.4 Å². The number of halogens is 3. The first-order valence-electron chi connectivity index (χ1n) is 6.87. The summed E-state index contributed by atoms with van der Waals surface area (Å²) in [7, 11) is -1.31. The van der Waals surface area contributed by atoms with Crippen LogP contribution in [0.1, 0.15) is 17.3 Å². The molecule has 3 rings (SSSR count). The zero-order valence-electron chi connectivity index (χ0n) is 12.7. The molecule has 2 heterocycles. The molecule has 2 aromatic heterocycles. The molecule has 25 heavy (non-hydrogen) atoms. The number of benzene rings is 1. The lowest BCUT2D eigenvalue weighted by Crippen LogP contribution is -2.24. The zero-order valence-corrected chi connectivity index (χ0v) is 15.1. The predicted octanol–water partition coefficient (Wildman–Crippen LogP) is 4.08. The van der Waals surface area contributed by atoms with Crippen molar-refractivity contribution < 1.29 is 17.4 Å². The van der Waals surface area contributed by atoms with Crippen LogP contribution in [-0.2, 0) is 17.5 Å². The molecule has 0 radical (unpaired) electrons. The summed E-state index contributed by atoms with van der Waals surface area (Å²) in [6.07, 6.45) is 0.175. The van der Waals surface area contributed by atoms with E-state index in [0.29, 0.717) is 20.6 Å². The molecule has 0 aliphatic carbocycles. The number of anilines is 1. The van der Waals surface area contributed by atoms with Crippen molar-refractivity contribution in [2.75, 3.05) is 10.6 Å². The molecule has 1 unspecified atom stereocenters. The van der Waals surface area contributed by atoms with Gasteiger partial charge in [0, 0.05) is 11.3 Å². The first-order valence-corrected chi connectivity index (χ1v) is 9.58. The summed E-state index contributed by atoms with van der Waals surface area (Å²) in [5, 5.41) is 8.01. The third-order valence-corrected chi connectivity index (χ3v) is 5.24. The average Bonchev–Trinajstić information content (AvgIpc) is 3.21.